The summed E-state index contributed by atoms with van der Waals surface area (Å²) in [4.78, 5) is 2.48. The first-order chi connectivity index (χ1) is 7.21. The molecule has 15 heavy (non-hydrogen) atoms. The van der Waals surface area contributed by atoms with Gasteiger partial charge >= 0.3 is 0 Å². The van der Waals surface area contributed by atoms with Gasteiger partial charge in [0.05, 0.1) is 26.7 Å². The fourth-order valence-corrected chi connectivity index (χ4v) is 1.83. The maximum atomic E-state index is 2.48. The summed E-state index contributed by atoms with van der Waals surface area (Å²) in [5.74, 6) is 1.51. The van der Waals surface area contributed by atoms with Crippen LogP contribution in [0.15, 0.2) is 0 Å². The summed E-state index contributed by atoms with van der Waals surface area (Å²) in [5.41, 5.74) is 0. The second kappa shape index (κ2) is 8.75. The molecule has 0 fully saturated rings. The Morgan fingerprint density at radius 3 is 2.07 bits per heavy atom. The third-order valence-electron chi connectivity index (χ3n) is 2.93. The lowest BCUT2D eigenvalue weighted by Gasteiger charge is -2.23. The summed E-state index contributed by atoms with van der Waals surface area (Å²) in [6, 6.07) is 0. The van der Waals surface area contributed by atoms with Crippen LogP contribution in [-0.4, -0.2) is 42.0 Å². The zero-order valence-corrected chi connectivity index (χ0v) is 11.3. The molecule has 2 nitrogen and oxygen atoms in total. The predicted octanol–water partition coefficient (Wildman–Crippen LogP) is 2.97. The van der Waals surface area contributed by atoms with Crippen LogP contribution in [0.1, 0.15) is 53.4 Å². The SMILES string of the molecule is CCC1=[N+](C)CCCN1CC.CCCC. The minimum absolute atomic E-state index is 1.16. The average Bonchev–Trinajstić information content (AvgIpc) is 2.29. The smallest absolute Gasteiger partial charge is 0.246 e. The lowest BCUT2D eigenvalue weighted by molar-refractivity contribution is -0.510. The van der Waals surface area contributed by atoms with Crippen molar-refractivity contribution in [1.82, 2.24) is 4.90 Å². The summed E-state index contributed by atoms with van der Waals surface area (Å²) in [6.45, 7) is 12.5. The van der Waals surface area contributed by atoms with Crippen LogP contribution in [0.3, 0.4) is 0 Å². The first-order valence-electron chi connectivity index (χ1n) is 6.53. The van der Waals surface area contributed by atoms with Gasteiger partial charge in [0.2, 0.25) is 5.84 Å². The molecular weight excluding hydrogens is 184 g/mol. The zero-order valence-electron chi connectivity index (χ0n) is 11.3. The van der Waals surface area contributed by atoms with Gasteiger partial charge in [0.1, 0.15) is 0 Å². The highest BCUT2D eigenvalue weighted by Gasteiger charge is 2.21. The monoisotopic (exact) mass is 213 g/mol. The molecule has 0 saturated carbocycles. The van der Waals surface area contributed by atoms with Gasteiger partial charge in [-0.1, -0.05) is 33.6 Å². The molecule has 0 radical (unpaired) electrons. The average molecular weight is 213 g/mol. The van der Waals surface area contributed by atoms with E-state index in [0.29, 0.717) is 0 Å². The van der Waals surface area contributed by atoms with Gasteiger partial charge in [0.25, 0.3) is 0 Å². The third kappa shape index (κ3) is 5.19. The molecule has 0 aromatic carbocycles. The Morgan fingerprint density at radius 2 is 1.73 bits per heavy atom. The van der Waals surface area contributed by atoms with Crippen LogP contribution in [-0.2, 0) is 0 Å². The Hall–Kier alpha value is -0.530. The first kappa shape index (κ1) is 14.5. The number of hydrogen-bond donors (Lipinski definition) is 0. The van der Waals surface area contributed by atoms with Crippen LogP contribution in [0.4, 0.5) is 0 Å². The van der Waals surface area contributed by atoms with Crippen molar-refractivity contribution in [3.63, 3.8) is 0 Å². The molecule has 1 rings (SSSR count). The standard InChI is InChI=1S/C9H19N2.C4H10/c1-4-9-10(3)7-6-8-11(9)5-2;1-3-4-2/h4-8H2,1-3H3;3-4H2,1-2H3/q+1;. The number of rotatable bonds is 3. The quantitative estimate of drug-likeness (QED) is 0.653. The second-order valence-electron chi connectivity index (χ2n) is 4.12. The van der Waals surface area contributed by atoms with Crippen molar-refractivity contribution >= 4 is 5.84 Å². The molecule has 0 aromatic rings. The van der Waals surface area contributed by atoms with Crippen LogP contribution in [0.25, 0.3) is 0 Å². The van der Waals surface area contributed by atoms with E-state index in [-0.39, 0.29) is 0 Å². The van der Waals surface area contributed by atoms with Crippen molar-refractivity contribution in [2.24, 2.45) is 0 Å². The van der Waals surface area contributed by atoms with E-state index >= 15 is 0 Å². The molecule has 0 unspecified atom stereocenters. The van der Waals surface area contributed by atoms with E-state index in [4.69, 9.17) is 0 Å². The van der Waals surface area contributed by atoms with Crippen LogP contribution in [0.2, 0.25) is 0 Å². The number of nitrogens with zero attached hydrogens (tertiary/aromatic N) is 2. The van der Waals surface area contributed by atoms with Crippen molar-refractivity contribution in [2.75, 3.05) is 26.7 Å². The summed E-state index contributed by atoms with van der Waals surface area (Å²) < 4.78 is 2.38. The molecule has 90 valence electrons. The van der Waals surface area contributed by atoms with E-state index in [0.717, 1.165) is 6.54 Å². The van der Waals surface area contributed by atoms with Crippen molar-refractivity contribution in [3.05, 3.63) is 0 Å². The maximum Gasteiger partial charge on any atom is 0.246 e. The lowest BCUT2D eigenvalue weighted by atomic mass is 10.2. The summed E-state index contributed by atoms with van der Waals surface area (Å²) in [5, 5.41) is 0. The van der Waals surface area contributed by atoms with Gasteiger partial charge in [-0.2, -0.15) is 0 Å². The first-order valence-corrected chi connectivity index (χ1v) is 6.53. The van der Waals surface area contributed by atoms with E-state index in [1.165, 1.54) is 44.6 Å². The molecule has 0 N–H and O–H groups in total. The molecule has 1 aliphatic rings. The number of amidine groups is 1. The molecule has 0 saturated heterocycles. The predicted molar refractivity (Wildman–Crippen MR) is 68.8 cm³/mol. The van der Waals surface area contributed by atoms with Crippen molar-refractivity contribution < 1.29 is 4.58 Å². The van der Waals surface area contributed by atoms with E-state index in [2.05, 4.69) is 44.2 Å². The Labute approximate surface area is 96.0 Å². The highest BCUT2D eigenvalue weighted by Crippen LogP contribution is 2.03. The van der Waals surface area contributed by atoms with Crippen molar-refractivity contribution in [2.45, 2.75) is 53.4 Å². The van der Waals surface area contributed by atoms with Gasteiger partial charge in [-0.05, 0) is 6.92 Å². The molecule has 2 heteroatoms. The van der Waals surface area contributed by atoms with E-state index in [1.54, 1.807) is 0 Å². The summed E-state index contributed by atoms with van der Waals surface area (Å²) >= 11 is 0. The minimum Gasteiger partial charge on any atom is -0.268 e. The van der Waals surface area contributed by atoms with Crippen LogP contribution in [0, 0.1) is 0 Å². The Kier molecular flexibility index (Phi) is 8.44. The molecule has 0 atom stereocenters. The van der Waals surface area contributed by atoms with E-state index in [9.17, 15) is 0 Å². The Morgan fingerprint density at radius 1 is 1.13 bits per heavy atom. The molecule has 1 heterocycles. The fourth-order valence-electron chi connectivity index (χ4n) is 1.83. The van der Waals surface area contributed by atoms with Gasteiger partial charge < -0.3 is 0 Å². The normalized spacial score (nSPS) is 16.2. The molecule has 1 aliphatic heterocycles. The Balaban J connectivity index is 0.000000423. The molecule has 0 amide bonds. The van der Waals surface area contributed by atoms with Crippen LogP contribution < -0.4 is 0 Å². The highest BCUT2D eigenvalue weighted by molar-refractivity contribution is 5.77. The maximum absolute atomic E-state index is 2.48. The van der Waals surface area contributed by atoms with Gasteiger partial charge in [-0.25, -0.2) is 0 Å². The van der Waals surface area contributed by atoms with Gasteiger partial charge in [-0.15, -0.1) is 0 Å². The van der Waals surface area contributed by atoms with Crippen molar-refractivity contribution in [1.29, 1.82) is 0 Å². The van der Waals surface area contributed by atoms with Gasteiger partial charge in [0, 0.05) is 12.8 Å². The molecule has 0 aliphatic carbocycles. The van der Waals surface area contributed by atoms with Gasteiger partial charge in [-0.3, -0.25) is 9.48 Å². The second-order valence-corrected chi connectivity index (χ2v) is 4.12. The minimum atomic E-state index is 1.16. The highest BCUT2D eigenvalue weighted by atomic mass is 15.2. The topological polar surface area (TPSA) is 6.25 Å². The van der Waals surface area contributed by atoms with Gasteiger partial charge in [0.15, 0.2) is 0 Å². The number of unbranched alkanes of at least 4 members (excludes halogenated alkanes) is 1. The lowest BCUT2D eigenvalue weighted by Crippen LogP contribution is -2.42. The molecule has 0 aromatic heterocycles. The summed E-state index contributed by atoms with van der Waals surface area (Å²) in [6.07, 6.45) is 5.12. The third-order valence-corrected chi connectivity index (χ3v) is 2.93. The molecule has 0 bridgehead atoms. The fraction of sp³-hybridized carbons (Fsp3) is 0.923. The van der Waals surface area contributed by atoms with E-state index in [1.807, 2.05) is 0 Å². The Bertz CT molecular complexity index is 183. The van der Waals surface area contributed by atoms with Crippen molar-refractivity contribution in [3.8, 4) is 0 Å². The summed E-state index contributed by atoms with van der Waals surface area (Å²) in [7, 11) is 2.20. The van der Waals surface area contributed by atoms with Crippen LogP contribution >= 0.6 is 0 Å². The molecular formula is C13H29N2+. The van der Waals surface area contributed by atoms with Crippen LogP contribution in [0.5, 0.6) is 0 Å². The zero-order chi connectivity index (χ0) is 11.7. The largest absolute Gasteiger partial charge is 0.268 e. The van der Waals surface area contributed by atoms with E-state index < -0.39 is 0 Å². The molecule has 0 spiro atoms. The number of hydrogen-bond acceptors (Lipinski definition) is 1.